The van der Waals surface area contributed by atoms with E-state index in [0.29, 0.717) is 12.2 Å². The smallest absolute Gasteiger partial charge is 0.171 e. The van der Waals surface area contributed by atoms with Crippen molar-refractivity contribution in [2.24, 2.45) is 21.1 Å². The summed E-state index contributed by atoms with van der Waals surface area (Å²) in [5.74, 6) is 4.17. The number of ketones is 1. The largest absolute Gasteiger partial charge is 0.341 e. The minimum Gasteiger partial charge on any atom is -0.341 e. The first-order chi connectivity index (χ1) is 64.3. The summed E-state index contributed by atoms with van der Waals surface area (Å²) in [6.45, 7) is 117. The van der Waals surface area contributed by atoms with Crippen LogP contribution in [0.1, 0.15) is 420 Å². The number of benzene rings is 1. The van der Waals surface area contributed by atoms with Crippen LogP contribution in [0.25, 0.3) is 0 Å². The number of hydrogen-bond acceptors (Lipinski definition) is 22. The van der Waals surface area contributed by atoms with E-state index in [2.05, 4.69) is 126 Å². The summed E-state index contributed by atoms with van der Waals surface area (Å²) in [6.07, 6.45) is 31.6. The maximum Gasteiger partial charge on any atom is 0.171 e. The van der Waals surface area contributed by atoms with Gasteiger partial charge in [0.05, 0.1) is 25.8 Å². The first kappa shape index (κ1) is 193. The average molecular weight is 1880 g/mol. The van der Waals surface area contributed by atoms with E-state index in [4.69, 9.17) is 0 Å². The molecule has 0 spiro atoms. The number of piperidine rings is 1. The lowest BCUT2D eigenvalue weighted by molar-refractivity contribution is -0.116. The molecule has 2 N–H and O–H groups in total. The number of nitrogens with one attached hydrogen (secondary N) is 2. The Morgan fingerprint density at radius 3 is 0.763 bits per heavy atom. The van der Waals surface area contributed by atoms with E-state index in [1.807, 2.05) is 470 Å². The fourth-order valence-electron chi connectivity index (χ4n) is 4.56. The van der Waals surface area contributed by atoms with Crippen LogP contribution >= 0.6 is 11.3 Å². The van der Waals surface area contributed by atoms with Crippen LogP contribution in [-0.4, -0.2) is 134 Å². The fourth-order valence-corrected chi connectivity index (χ4v) is 5.01. The number of tetrazole rings is 2. The zero-order valence-corrected chi connectivity index (χ0v) is 99.1. The topological polar surface area (TPSA) is 305 Å². The molecule has 0 unspecified atom stereocenters. The maximum atomic E-state index is 9.81. The van der Waals surface area contributed by atoms with Gasteiger partial charge in [0.25, 0.3) is 0 Å². The lowest BCUT2D eigenvalue weighted by Gasteiger charge is -2.08. The number of Topliss-reactive ketones (excluding diaryl/α,β-unsaturated/α-hetero) is 1. The Labute approximate surface area is 823 Å². The highest BCUT2D eigenvalue weighted by molar-refractivity contribution is 7.07. The second-order valence-electron chi connectivity index (χ2n) is 15.6. The molecule has 11 heterocycles. The summed E-state index contributed by atoms with van der Waals surface area (Å²) < 4.78 is 3.50. The summed E-state index contributed by atoms with van der Waals surface area (Å²) >= 11 is 1.71. The molecule has 0 saturated carbocycles. The SMILES string of the molecule is C1CCNCC1.CC.CC.CC.CC.CC.CC.CC.CC.CC.CC.CC.CC.CC.CC.CC.CC.CC.CC.CC.CC.CC.CC.CC.CC.CC.CCC(C)=O.Cc1ccccc1.Cc1nc(C)nc(C)n1.Cc1nnn(C)n1.Cc1nnnn1C.Cn1ccnc1.c1ccncc1.c1ccnnc1.c1ccsc1.c1cn[nH]n1.c1cnccn1.c1cncnc1. The van der Waals surface area contributed by atoms with E-state index < -0.39 is 0 Å². The third-order valence-electron chi connectivity index (χ3n) is 8.45. The van der Waals surface area contributed by atoms with E-state index in [0.717, 1.165) is 23.3 Å². The van der Waals surface area contributed by atoms with Crippen molar-refractivity contribution in [2.45, 2.75) is 427 Å². The van der Waals surface area contributed by atoms with E-state index in [1.165, 1.54) is 49.0 Å². The Morgan fingerprint density at radius 1 is 0.344 bits per heavy atom. The van der Waals surface area contributed by atoms with Gasteiger partial charge in [0, 0.05) is 94.9 Å². The Balaban J connectivity index is -0.0000000366. The van der Waals surface area contributed by atoms with Crippen LogP contribution in [0, 0.1) is 41.5 Å². The molecule has 0 bridgehead atoms. The van der Waals surface area contributed by atoms with Gasteiger partial charge in [-0.2, -0.15) is 41.7 Å². The third-order valence-corrected chi connectivity index (χ3v) is 9.08. The minimum atomic E-state index is 0.255. The second-order valence-corrected chi connectivity index (χ2v) is 16.4. The number of aryl methyl sites for hydroxylation is 9. The maximum absolute atomic E-state index is 9.81. The van der Waals surface area contributed by atoms with Crippen LogP contribution in [0.4, 0.5) is 0 Å². The minimum absolute atomic E-state index is 0.255. The van der Waals surface area contributed by atoms with Gasteiger partial charge in [-0.15, -0.1) is 15.3 Å². The Bertz CT molecular complexity index is 2520. The molecule has 1 saturated heterocycles. The fraction of sp³-hybridized carbons (Fsp3) is 0.638. The molecule has 0 atom stereocenters. The summed E-state index contributed by atoms with van der Waals surface area (Å²) in [5, 5.41) is 45.3. The van der Waals surface area contributed by atoms with Crippen LogP contribution < -0.4 is 5.32 Å². The molecule has 26 heteroatoms. The number of rotatable bonds is 1. The van der Waals surface area contributed by atoms with Crippen molar-refractivity contribution in [3.8, 4) is 0 Å². The van der Waals surface area contributed by atoms with Gasteiger partial charge < -0.3 is 14.7 Å². The number of aromatic nitrogens is 23. The van der Waals surface area contributed by atoms with Crippen molar-refractivity contribution in [1.82, 2.24) is 121 Å². The van der Waals surface area contributed by atoms with Gasteiger partial charge in [0.1, 0.15) is 35.4 Å². The number of aromatic amines is 1. The van der Waals surface area contributed by atoms with Crippen LogP contribution in [0.5, 0.6) is 0 Å². The molecule has 1 aromatic carbocycles. The van der Waals surface area contributed by atoms with Crippen molar-refractivity contribution < 1.29 is 4.79 Å². The number of thiophene rings is 1. The molecule has 1 fully saturated rings. The first-order valence-corrected chi connectivity index (χ1v) is 51.2. The normalized spacial score (nSPS) is 7.15. The van der Waals surface area contributed by atoms with Crippen molar-refractivity contribution in [1.29, 1.82) is 0 Å². The Hall–Kier alpha value is -9.56. The molecule has 25 nitrogen and oxygen atoms in total. The highest BCUT2D eigenvalue weighted by Crippen LogP contribution is 1.97. The molecule has 131 heavy (non-hydrogen) atoms. The van der Waals surface area contributed by atoms with Crippen LogP contribution in [0.15, 0.2) is 189 Å². The summed E-state index contributed by atoms with van der Waals surface area (Å²) in [5.41, 5.74) is 1.32. The monoisotopic (exact) mass is 1870 g/mol. The molecule has 12 rings (SSSR count). The molecule has 10 aromatic heterocycles. The number of carbonyl (C=O) groups is 1. The molecule has 11 aromatic rings. The van der Waals surface area contributed by atoms with Crippen LogP contribution in [-0.2, 0) is 25.9 Å². The van der Waals surface area contributed by atoms with E-state index in [9.17, 15) is 4.79 Å². The number of nitrogens with zero attached hydrogens (tertiary/aromatic N) is 22. The Kier molecular flexibility index (Phi) is 402. The zero-order chi connectivity index (χ0) is 109. The summed E-state index contributed by atoms with van der Waals surface area (Å²) in [4.78, 5) is 45.6. The van der Waals surface area contributed by atoms with Gasteiger partial charge in [-0.25, -0.2) is 34.6 Å². The van der Waals surface area contributed by atoms with Crippen molar-refractivity contribution in [3.63, 3.8) is 0 Å². The van der Waals surface area contributed by atoms with Crippen LogP contribution in [0.2, 0.25) is 0 Å². The molecule has 780 valence electrons. The van der Waals surface area contributed by atoms with E-state index >= 15 is 0 Å². The zero-order valence-electron chi connectivity index (χ0n) is 98.3. The molecule has 1 aliphatic heterocycles. The number of hydrogen-bond donors (Lipinski definition) is 2. The van der Waals surface area contributed by atoms with Gasteiger partial charge in [-0.1, -0.05) is 414 Å². The number of H-pyrrole nitrogens is 1. The quantitative estimate of drug-likeness (QED) is 0.154. The molecular weight excluding hydrogens is 1650 g/mol. The standard InChI is InChI=1S/C7H8.C6H9N3.C5H11N.C5H5N.C4H6N2.3C4H4N2.C4H8O.C4H4S.2C3H6N4.C2H3N3.25C2H6/c1-7-5-3-2-4-6-7;1-4-7-5(2)9-6(3)8-4;2*1-2-4-6-5-3-1;1-6-3-2-5-4-6;1-2-6-4-3-5-1;1-2-5-4-6-3-1;1-2-4-6-5-3-1;1-3-4(2)5;1-2-4-5-3-1;1-3-4-5-6-7(3)2;1-3-4-6-7(2)5-3;1-2-4-5-3-1;25*1-2/h2-6H,1H3;1-3H3;6H,1-5H2;1-5H;2-4H,1H3;3*1-4H;3H2,1-2H3;1-4H;2*1-2H3;1-2H,(H,3,4,5);25*1-2H3. The lowest BCUT2D eigenvalue weighted by atomic mass is 10.2. The second kappa shape index (κ2) is 272. The molecule has 0 radical (unpaired) electrons. The first-order valence-electron chi connectivity index (χ1n) is 50.3. The third kappa shape index (κ3) is 275. The van der Waals surface area contributed by atoms with Gasteiger partial charge in [-0.05, 0) is 131 Å². The van der Waals surface area contributed by atoms with Crippen molar-refractivity contribution >= 4 is 17.1 Å². The summed E-state index contributed by atoms with van der Waals surface area (Å²) in [6, 6.07) is 25.4. The van der Waals surface area contributed by atoms with E-state index in [-0.39, 0.29) is 5.78 Å². The van der Waals surface area contributed by atoms with Gasteiger partial charge in [-0.3, -0.25) is 15.0 Å². The average Bonchev–Trinajstić information content (AvgIpc) is 1.91. The molecular formula is C105H228N24OS. The lowest BCUT2D eigenvalue weighted by Crippen LogP contribution is -2.21. The highest BCUT2D eigenvalue weighted by Gasteiger charge is 1.94. The van der Waals surface area contributed by atoms with Gasteiger partial charge in [0.15, 0.2) is 5.82 Å². The number of carbonyl (C=O) groups excluding carboxylic acids is 1. The number of imidazole rings is 1. The van der Waals surface area contributed by atoms with Crippen LogP contribution in [0.3, 0.4) is 0 Å². The predicted molar refractivity (Wildman–Crippen MR) is 598 cm³/mol. The van der Waals surface area contributed by atoms with Crippen molar-refractivity contribution in [3.05, 3.63) is 224 Å². The molecule has 0 aliphatic carbocycles. The van der Waals surface area contributed by atoms with Crippen molar-refractivity contribution in [2.75, 3.05) is 13.1 Å². The number of pyridine rings is 1. The van der Waals surface area contributed by atoms with Gasteiger partial charge in [0.2, 0.25) is 0 Å². The predicted octanol–water partition coefficient (Wildman–Crippen LogP) is 33.7. The Morgan fingerprint density at radius 2 is 0.656 bits per heavy atom. The van der Waals surface area contributed by atoms with Gasteiger partial charge >= 0.3 is 0 Å². The molecule has 0 amide bonds. The van der Waals surface area contributed by atoms with E-state index in [1.54, 1.807) is 137 Å². The molecule has 1 aliphatic rings. The summed E-state index contributed by atoms with van der Waals surface area (Å²) in [7, 11) is 5.47. The highest BCUT2D eigenvalue weighted by atomic mass is 32.1.